The summed E-state index contributed by atoms with van der Waals surface area (Å²) in [6, 6.07) is 15.8. The highest BCUT2D eigenvalue weighted by Crippen LogP contribution is 2.31. The molecule has 0 unspecified atom stereocenters. The molecular formula is C18H16Cl2N2S. The maximum absolute atomic E-state index is 6.23. The summed E-state index contributed by atoms with van der Waals surface area (Å²) in [4.78, 5) is 5.56. The normalized spacial score (nSPS) is 10.9. The molecule has 1 aromatic heterocycles. The van der Waals surface area contributed by atoms with Crippen molar-refractivity contribution in [2.75, 3.05) is 6.54 Å². The highest BCUT2D eigenvalue weighted by atomic mass is 35.5. The second-order valence-corrected chi connectivity index (χ2v) is 7.05. The van der Waals surface area contributed by atoms with Crippen molar-refractivity contribution < 1.29 is 0 Å². The molecule has 5 heteroatoms. The van der Waals surface area contributed by atoms with Gasteiger partial charge < -0.3 is 5.32 Å². The largest absolute Gasteiger partial charge is 0.310 e. The van der Waals surface area contributed by atoms with Gasteiger partial charge >= 0.3 is 0 Å². The SMILES string of the molecule is Clc1ccccc1CCNCc1ncc(-c2ccccc2Cl)s1. The zero-order valence-corrected chi connectivity index (χ0v) is 14.8. The molecule has 118 valence electrons. The summed E-state index contributed by atoms with van der Waals surface area (Å²) in [7, 11) is 0. The first kappa shape index (κ1) is 16.5. The van der Waals surface area contributed by atoms with Gasteiger partial charge in [0, 0.05) is 28.4 Å². The molecule has 0 atom stereocenters. The first-order chi connectivity index (χ1) is 11.2. The smallest absolute Gasteiger partial charge is 0.107 e. The molecule has 0 spiro atoms. The molecule has 3 rings (SSSR count). The number of rotatable bonds is 6. The van der Waals surface area contributed by atoms with Crippen LogP contribution in [0.5, 0.6) is 0 Å². The molecule has 3 aromatic rings. The maximum Gasteiger partial charge on any atom is 0.107 e. The molecule has 0 aliphatic rings. The summed E-state index contributed by atoms with van der Waals surface area (Å²) < 4.78 is 0. The quantitative estimate of drug-likeness (QED) is 0.589. The molecule has 0 aliphatic heterocycles. The molecule has 0 bridgehead atoms. The zero-order chi connectivity index (χ0) is 16.1. The van der Waals surface area contributed by atoms with Crippen molar-refractivity contribution in [3.05, 3.63) is 75.3 Å². The van der Waals surface area contributed by atoms with Crippen LogP contribution >= 0.6 is 34.5 Å². The highest BCUT2D eigenvalue weighted by molar-refractivity contribution is 7.15. The number of hydrogen-bond donors (Lipinski definition) is 1. The van der Waals surface area contributed by atoms with Crippen LogP contribution in [-0.4, -0.2) is 11.5 Å². The fraction of sp³-hybridized carbons (Fsp3) is 0.167. The van der Waals surface area contributed by atoms with E-state index >= 15 is 0 Å². The summed E-state index contributed by atoms with van der Waals surface area (Å²) in [5.41, 5.74) is 2.20. The Morgan fingerprint density at radius 3 is 2.48 bits per heavy atom. The van der Waals surface area contributed by atoms with E-state index in [1.54, 1.807) is 11.3 Å². The van der Waals surface area contributed by atoms with Gasteiger partial charge in [0.05, 0.1) is 4.88 Å². The van der Waals surface area contributed by atoms with E-state index in [4.69, 9.17) is 23.2 Å². The third-order valence-corrected chi connectivity index (χ3v) is 5.23. The van der Waals surface area contributed by atoms with Crippen LogP contribution in [0.15, 0.2) is 54.7 Å². The predicted molar refractivity (Wildman–Crippen MR) is 99.4 cm³/mol. The van der Waals surface area contributed by atoms with E-state index in [1.807, 2.05) is 48.7 Å². The van der Waals surface area contributed by atoms with Crippen molar-refractivity contribution in [3.63, 3.8) is 0 Å². The average molecular weight is 363 g/mol. The van der Waals surface area contributed by atoms with Gasteiger partial charge in [0.25, 0.3) is 0 Å². The minimum Gasteiger partial charge on any atom is -0.310 e. The van der Waals surface area contributed by atoms with E-state index < -0.39 is 0 Å². The number of aromatic nitrogens is 1. The molecule has 0 amide bonds. The third kappa shape index (κ3) is 4.33. The Morgan fingerprint density at radius 1 is 0.957 bits per heavy atom. The second-order valence-electron chi connectivity index (χ2n) is 5.12. The number of thiazole rings is 1. The zero-order valence-electron chi connectivity index (χ0n) is 12.4. The van der Waals surface area contributed by atoms with Crippen LogP contribution in [-0.2, 0) is 13.0 Å². The molecule has 0 radical (unpaired) electrons. The van der Waals surface area contributed by atoms with Crippen LogP contribution in [0.2, 0.25) is 10.0 Å². The Bertz CT molecular complexity index is 786. The molecule has 0 aliphatic carbocycles. The molecule has 2 nitrogen and oxygen atoms in total. The summed E-state index contributed by atoms with van der Waals surface area (Å²) in [5.74, 6) is 0. The van der Waals surface area contributed by atoms with E-state index in [2.05, 4.69) is 16.4 Å². The van der Waals surface area contributed by atoms with Crippen LogP contribution in [0.25, 0.3) is 10.4 Å². The minimum atomic E-state index is 0.750. The van der Waals surface area contributed by atoms with Gasteiger partial charge in [-0.1, -0.05) is 59.6 Å². The summed E-state index contributed by atoms with van der Waals surface area (Å²) in [6.45, 7) is 1.62. The standard InChI is InChI=1S/C18H16Cl2N2S/c19-15-7-3-1-5-13(15)9-10-21-12-18-22-11-17(23-18)14-6-2-4-8-16(14)20/h1-8,11,21H,9-10,12H2. The van der Waals surface area contributed by atoms with Crippen molar-refractivity contribution in [1.82, 2.24) is 10.3 Å². The molecular weight excluding hydrogens is 347 g/mol. The third-order valence-electron chi connectivity index (χ3n) is 3.50. The van der Waals surface area contributed by atoms with Crippen LogP contribution in [0.1, 0.15) is 10.6 Å². The fourth-order valence-corrected chi connectivity index (χ4v) is 3.75. The van der Waals surface area contributed by atoms with Crippen molar-refractivity contribution >= 4 is 34.5 Å². The van der Waals surface area contributed by atoms with Crippen molar-refractivity contribution in [1.29, 1.82) is 0 Å². The average Bonchev–Trinajstić information content (AvgIpc) is 3.02. The Balaban J connectivity index is 1.54. The van der Waals surface area contributed by atoms with Crippen molar-refractivity contribution in [2.45, 2.75) is 13.0 Å². The van der Waals surface area contributed by atoms with Gasteiger partial charge in [-0.3, -0.25) is 0 Å². The predicted octanol–water partition coefficient (Wildman–Crippen LogP) is 5.45. The van der Waals surface area contributed by atoms with Crippen LogP contribution in [0.3, 0.4) is 0 Å². The van der Waals surface area contributed by atoms with Gasteiger partial charge in [-0.2, -0.15) is 0 Å². The lowest BCUT2D eigenvalue weighted by atomic mass is 10.1. The molecule has 1 heterocycles. The molecule has 1 N–H and O–H groups in total. The van der Waals surface area contributed by atoms with E-state index in [-0.39, 0.29) is 0 Å². The summed E-state index contributed by atoms with van der Waals surface area (Å²) in [6.07, 6.45) is 2.79. The minimum absolute atomic E-state index is 0.750. The van der Waals surface area contributed by atoms with Gasteiger partial charge in [-0.25, -0.2) is 4.98 Å². The molecule has 0 saturated heterocycles. The Hall–Kier alpha value is -1.39. The van der Waals surface area contributed by atoms with E-state index in [9.17, 15) is 0 Å². The first-order valence-corrected chi connectivity index (χ1v) is 8.95. The molecule has 0 fully saturated rings. The van der Waals surface area contributed by atoms with Crippen LogP contribution < -0.4 is 5.32 Å². The molecule has 2 aromatic carbocycles. The summed E-state index contributed by atoms with van der Waals surface area (Å²) >= 11 is 14.0. The van der Waals surface area contributed by atoms with E-state index in [1.165, 1.54) is 0 Å². The molecule has 23 heavy (non-hydrogen) atoms. The van der Waals surface area contributed by atoms with Crippen LogP contribution in [0.4, 0.5) is 0 Å². The van der Waals surface area contributed by atoms with Gasteiger partial charge in [-0.05, 0) is 30.7 Å². The number of hydrogen-bond acceptors (Lipinski definition) is 3. The first-order valence-electron chi connectivity index (χ1n) is 7.38. The second kappa shape index (κ2) is 7.93. The van der Waals surface area contributed by atoms with E-state index in [0.29, 0.717) is 0 Å². The lowest BCUT2D eigenvalue weighted by Gasteiger charge is -2.04. The monoisotopic (exact) mass is 362 g/mol. The number of halogens is 2. The highest BCUT2D eigenvalue weighted by Gasteiger charge is 2.07. The lowest BCUT2D eigenvalue weighted by molar-refractivity contribution is 0.684. The van der Waals surface area contributed by atoms with Gasteiger partial charge in [0.15, 0.2) is 0 Å². The number of nitrogens with zero attached hydrogens (tertiary/aromatic N) is 1. The lowest BCUT2D eigenvalue weighted by Crippen LogP contribution is -2.16. The summed E-state index contributed by atoms with van der Waals surface area (Å²) in [5, 5.41) is 6.05. The number of nitrogens with one attached hydrogen (secondary N) is 1. The topological polar surface area (TPSA) is 24.9 Å². The number of benzene rings is 2. The Morgan fingerprint density at radius 2 is 1.70 bits per heavy atom. The fourth-order valence-electron chi connectivity index (χ4n) is 2.30. The van der Waals surface area contributed by atoms with Gasteiger partial charge in [0.2, 0.25) is 0 Å². The Labute approximate surface area is 150 Å². The Kier molecular flexibility index (Phi) is 5.68. The molecule has 0 saturated carbocycles. The van der Waals surface area contributed by atoms with Gasteiger partial charge in [0.1, 0.15) is 5.01 Å². The maximum atomic E-state index is 6.23. The van der Waals surface area contributed by atoms with Crippen molar-refractivity contribution in [2.24, 2.45) is 0 Å². The van der Waals surface area contributed by atoms with E-state index in [0.717, 1.165) is 50.6 Å². The van der Waals surface area contributed by atoms with Crippen LogP contribution in [0, 0.1) is 0 Å². The van der Waals surface area contributed by atoms with Crippen molar-refractivity contribution in [3.8, 4) is 10.4 Å². The van der Waals surface area contributed by atoms with Gasteiger partial charge in [-0.15, -0.1) is 11.3 Å².